The number of carboxylic acid groups (broad SMARTS) is 1. The van der Waals surface area contributed by atoms with E-state index in [0.29, 0.717) is 12.8 Å². The molecule has 5 aromatic carbocycles. The van der Waals surface area contributed by atoms with Crippen molar-refractivity contribution < 1.29 is 47.4 Å². The lowest BCUT2D eigenvalue weighted by atomic mass is 10.1. The molecule has 0 radical (unpaired) electrons. The largest absolute Gasteiger partial charge is 0.516 e. The normalized spacial score (nSPS) is 13.5. The molecular formula is C67H97N3O10Si2. The number of carboxylic acids is 1. The number of nitrogens with one attached hydrogen (secondary N) is 2. The highest BCUT2D eigenvalue weighted by Gasteiger charge is 2.66. The number of ether oxygens (including phenoxy) is 2. The minimum Gasteiger partial charge on any atom is -0.516 e. The zero-order chi connectivity index (χ0) is 62.0. The molecule has 0 aliphatic heterocycles. The van der Waals surface area contributed by atoms with Gasteiger partial charge in [0.25, 0.3) is 16.6 Å². The zero-order valence-electron chi connectivity index (χ0n) is 52.4. The number of carbonyl (C=O) groups is 5. The summed E-state index contributed by atoms with van der Waals surface area (Å²) in [6.07, 6.45) is -0.351. The van der Waals surface area contributed by atoms with Gasteiger partial charge in [-0.05, 0) is 64.5 Å². The fourth-order valence-corrected chi connectivity index (χ4v) is 29.2. The topological polar surface area (TPSA) is 193 Å². The summed E-state index contributed by atoms with van der Waals surface area (Å²) in [7, 11) is -5.38. The lowest BCUT2D eigenvalue weighted by Crippen LogP contribution is -2.63. The second kappa shape index (κ2) is 29.6. The van der Waals surface area contributed by atoms with Crippen LogP contribution < -0.4 is 16.4 Å². The quantitative estimate of drug-likeness (QED) is 0.0648. The third-order valence-electron chi connectivity index (χ3n) is 14.6. The first-order chi connectivity index (χ1) is 37.9. The average Bonchev–Trinajstić information content (AvgIpc) is 1.70. The Hall–Kier alpha value is -6.56. The minimum absolute atomic E-state index is 0.102. The molecule has 448 valence electrons. The summed E-state index contributed by atoms with van der Waals surface area (Å²) in [6, 6.07) is 44.8. The summed E-state index contributed by atoms with van der Waals surface area (Å²) in [4.78, 5) is 62.6. The van der Waals surface area contributed by atoms with E-state index in [0.717, 1.165) is 27.8 Å². The van der Waals surface area contributed by atoms with Crippen LogP contribution >= 0.6 is 0 Å². The van der Waals surface area contributed by atoms with Crippen molar-refractivity contribution >= 4 is 46.7 Å². The minimum atomic E-state index is -2.81. The fraction of sp³-hybridized carbons (Fsp3) is 0.478. The van der Waals surface area contributed by atoms with Gasteiger partial charge in [0, 0.05) is 12.8 Å². The molecule has 0 saturated carbocycles. The van der Waals surface area contributed by atoms with Crippen molar-refractivity contribution in [2.75, 3.05) is 0 Å². The van der Waals surface area contributed by atoms with E-state index in [1.54, 1.807) is 0 Å². The number of rotatable bonds is 17. The maximum Gasteiger partial charge on any atom is 0.408 e. The molecule has 0 heterocycles. The van der Waals surface area contributed by atoms with Crippen LogP contribution in [-0.4, -0.2) is 70.0 Å². The lowest BCUT2D eigenvalue weighted by Gasteiger charge is -2.57. The Morgan fingerprint density at radius 2 is 0.634 bits per heavy atom. The number of amides is 2. The van der Waals surface area contributed by atoms with Gasteiger partial charge in [-0.1, -0.05) is 276 Å². The molecule has 5 N–H and O–H groups in total. The van der Waals surface area contributed by atoms with Gasteiger partial charge in [0.05, 0.1) is 0 Å². The van der Waals surface area contributed by atoms with Gasteiger partial charge in [0.2, 0.25) is 0 Å². The van der Waals surface area contributed by atoms with Crippen LogP contribution in [0.3, 0.4) is 0 Å². The van der Waals surface area contributed by atoms with Crippen LogP contribution in [0.1, 0.15) is 152 Å². The van der Waals surface area contributed by atoms with E-state index in [9.17, 15) is 29.1 Å². The number of nitrogens with two attached hydrogens (primary N) is 1. The van der Waals surface area contributed by atoms with Crippen LogP contribution in [0.5, 0.6) is 0 Å². The van der Waals surface area contributed by atoms with E-state index >= 15 is 0 Å². The van der Waals surface area contributed by atoms with Gasteiger partial charge in [-0.3, -0.25) is 9.59 Å². The predicted octanol–water partition coefficient (Wildman–Crippen LogP) is 15.5. The number of benzene rings is 5. The molecule has 0 aromatic heterocycles. The van der Waals surface area contributed by atoms with Gasteiger partial charge >= 0.3 is 30.1 Å². The van der Waals surface area contributed by atoms with Gasteiger partial charge < -0.3 is 39.8 Å². The molecule has 82 heavy (non-hydrogen) atoms. The predicted molar refractivity (Wildman–Crippen MR) is 335 cm³/mol. The smallest absolute Gasteiger partial charge is 0.408 e. The van der Waals surface area contributed by atoms with Crippen LogP contribution in [0.2, 0.25) is 30.2 Å². The van der Waals surface area contributed by atoms with E-state index in [2.05, 4.69) is 135 Å². The van der Waals surface area contributed by atoms with E-state index in [-0.39, 0.29) is 55.8 Å². The highest BCUT2D eigenvalue weighted by molar-refractivity contribution is 6.83. The van der Waals surface area contributed by atoms with Crippen LogP contribution in [0.15, 0.2) is 152 Å². The molecule has 0 unspecified atom stereocenters. The maximum absolute atomic E-state index is 13.9. The summed E-state index contributed by atoms with van der Waals surface area (Å²) in [5, 5.41) is 13.4. The Bertz CT molecular complexity index is 2690. The first-order valence-electron chi connectivity index (χ1n) is 28.4. The first kappa shape index (κ1) is 69.7. The van der Waals surface area contributed by atoms with Crippen molar-refractivity contribution in [3.63, 3.8) is 0 Å². The van der Waals surface area contributed by atoms with E-state index in [4.69, 9.17) is 24.1 Å². The standard InChI is InChI=1S/C29H43NO4Si.C21H37NO2Si.C17H17NO4/c1-27(2,3)35(28(4,5)6,29(7,8)9)34-25(31)24(20-22-16-12-10-13-17-22)30-26(32)33-21-23-18-14-11-15-19-23;1-19(2,3)25(20(4,5)6,21(7,8)9)24-18(23)17(22)15-16-13-11-10-12-14-16;19-16(20)15(11-13-7-3-1-4-8-13)18-17(21)22-12-14-9-5-2-6-10-14/h10-19,24H,20-21H2,1-9H3,(H,30,32);10-14,17H,15,22H2,1-9H3;1-10,15H,11-12H2,(H,18,21)(H,19,20)/t24-;17-;15-/m000/s1. The molecule has 0 fully saturated rings. The van der Waals surface area contributed by atoms with Gasteiger partial charge in [0.15, 0.2) is 0 Å². The van der Waals surface area contributed by atoms with Crippen molar-refractivity contribution in [2.45, 2.75) is 205 Å². The average molecular weight is 1160 g/mol. The second-order valence-corrected chi connectivity index (χ2v) is 39.4. The molecular weight excluding hydrogens is 1060 g/mol. The van der Waals surface area contributed by atoms with Crippen molar-refractivity contribution in [1.29, 1.82) is 0 Å². The highest BCUT2D eigenvalue weighted by Crippen LogP contribution is 2.64. The Kier molecular flexibility index (Phi) is 25.2. The third kappa shape index (κ3) is 19.8. The summed E-state index contributed by atoms with van der Waals surface area (Å²) in [6.45, 7) is 39.5. The van der Waals surface area contributed by atoms with Gasteiger partial charge in [0.1, 0.15) is 31.3 Å². The van der Waals surface area contributed by atoms with E-state index in [1.807, 2.05) is 152 Å². The summed E-state index contributed by atoms with van der Waals surface area (Å²) in [5.74, 6) is -1.77. The molecule has 3 atom stereocenters. The van der Waals surface area contributed by atoms with Crippen molar-refractivity contribution in [3.05, 3.63) is 179 Å². The van der Waals surface area contributed by atoms with Crippen molar-refractivity contribution in [3.8, 4) is 0 Å². The molecule has 15 heteroatoms. The number of carbonyl (C=O) groups excluding carboxylic acids is 4. The van der Waals surface area contributed by atoms with Crippen molar-refractivity contribution in [2.24, 2.45) is 5.73 Å². The third-order valence-corrected chi connectivity index (χ3v) is 28.3. The maximum atomic E-state index is 13.9. The SMILES string of the molecule is CC(C)(C)[Si](OC(=O)[C@@H](N)Cc1ccccc1)(C(C)(C)C)C(C)(C)C.CC(C)(C)[Si](OC(=O)[C@H](Cc1ccccc1)NC(=O)OCc1ccccc1)(C(C)(C)C)C(C)(C)C.O=C(N[C@@H](Cc1ccccc1)C(=O)O)OCc1ccccc1. The fourth-order valence-electron chi connectivity index (χ4n) is 13.0. The van der Waals surface area contributed by atoms with Crippen LogP contribution in [0, 0.1) is 0 Å². The Labute approximate surface area is 493 Å². The van der Waals surface area contributed by atoms with Gasteiger partial charge in [-0.25, -0.2) is 14.4 Å². The summed E-state index contributed by atoms with van der Waals surface area (Å²) < 4.78 is 23.6. The van der Waals surface area contributed by atoms with Crippen LogP contribution in [-0.2, 0) is 65.2 Å². The molecule has 5 rings (SSSR count). The monoisotopic (exact) mass is 1160 g/mol. The molecule has 0 spiro atoms. The Morgan fingerprint density at radius 1 is 0.390 bits per heavy atom. The molecule has 5 aromatic rings. The zero-order valence-corrected chi connectivity index (χ0v) is 54.4. The first-order valence-corrected chi connectivity index (χ1v) is 32.2. The molecule has 0 aliphatic rings. The van der Waals surface area contributed by atoms with Gasteiger partial charge in [-0.15, -0.1) is 0 Å². The number of hydrogen-bond acceptors (Lipinski definition) is 10. The summed E-state index contributed by atoms with van der Waals surface area (Å²) >= 11 is 0. The molecule has 0 saturated heterocycles. The van der Waals surface area contributed by atoms with E-state index in [1.165, 1.54) is 0 Å². The number of aliphatic carboxylic acids is 1. The highest BCUT2D eigenvalue weighted by atomic mass is 28.4. The molecule has 0 bridgehead atoms. The van der Waals surface area contributed by atoms with Crippen LogP contribution in [0.25, 0.3) is 0 Å². The molecule has 13 nitrogen and oxygen atoms in total. The van der Waals surface area contributed by atoms with E-state index < -0.39 is 58.9 Å². The van der Waals surface area contributed by atoms with Crippen LogP contribution in [0.4, 0.5) is 9.59 Å². The number of alkyl carbamates (subject to hydrolysis) is 2. The molecule has 2 amide bonds. The van der Waals surface area contributed by atoms with Crippen molar-refractivity contribution in [1.82, 2.24) is 10.6 Å². The number of hydrogen-bond donors (Lipinski definition) is 4. The lowest BCUT2D eigenvalue weighted by molar-refractivity contribution is -0.140. The Morgan fingerprint density at radius 3 is 0.915 bits per heavy atom. The molecule has 0 aliphatic carbocycles. The summed E-state index contributed by atoms with van der Waals surface area (Å²) in [5.41, 5.74) is 10.8. The Balaban J connectivity index is 0.000000333. The second-order valence-electron chi connectivity index (χ2n) is 27.2. The van der Waals surface area contributed by atoms with Gasteiger partial charge in [-0.2, -0.15) is 0 Å².